The molecule has 2 aliphatic heterocycles. The molecule has 2 aliphatic rings. The number of carboxylic acids is 2. The lowest BCUT2D eigenvalue weighted by atomic mass is 10.0. The summed E-state index contributed by atoms with van der Waals surface area (Å²) in [6.07, 6.45) is 0.842. The number of sulfonamides is 1. The van der Waals surface area contributed by atoms with Crippen molar-refractivity contribution in [2.24, 2.45) is 5.14 Å². The standard InChI is InChI=1S/C27H31ClN4O8S3/c1-15(24(34)32-14-27(41-10-11-42-27)13-21(32)26(37)38)30-20(25(35)36)9-4-16-2-6-18(7-3-16)31-23(33)17-5-8-19(28)22(12-17)43(29,39)40/h2-3,5-8,12,15,20-21,30H,4,9-11,13-14H2,1H3,(H,31,33)(H,35,36)(H,37,38)(H2,29,39,40)/t15-,20-,21-/m0/s1. The molecule has 0 saturated carbocycles. The van der Waals surface area contributed by atoms with Gasteiger partial charge in [-0.15, -0.1) is 23.5 Å². The largest absolute Gasteiger partial charge is 0.480 e. The van der Waals surface area contributed by atoms with E-state index in [-0.39, 0.29) is 26.0 Å². The lowest BCUT2D eigenvalue weighted by Crippen LogP contribution is -2.53. The van der Waals surface area contributed by atoms with Crippen LogP contribution in [-0.2, 0) is 30.8 Å². The summed E-state index contributed by atoms with van der Waals surface area (Å²) in [5, 5.41) is 30.1. The zero-order valence-electron chi connectivity index (χ0n) is 23.0. The number of nitrogens with zero attached hydrogens (tertiary/aromatic N) is 1. The number of benzene rings is 2. The van der Waals surface area contributed by atoms with Crippen LogP contribution in [-0.4, -0.2) is 87.5 Å². The summed E-state index contributed by atoms with van der Waals surface area (Å²) in [4.78, 5) is 50.8. The van der Waals surface area contributed by atoms with Gasteiger partial charge in [0.15, 0.2) is 0 Å². The maximum atomic E-state index is 13.3. The first-order valence-electron chi connectivity index (χ1n) is 13.2. The Hall–Kier alpha value is -2.82. The molecule has 43 heavy (non-hydrogen) atoms. The Morgan fingerprint density at radius 2 is 1.77 bits per heavy atom. The van der Waals surface area contributed by atoms with E-state index in [1.807, 2.05) is 0 Å². The van der Waals surface area contributed by atoms with Crippen LogP contribution in [0.15, 0.2) is 47.4 Å². The topological polar surface area (TPSA) is 196 Å². The fraction of sp³-hybridized carbons (Fsp3) is 0.407. The van der Waals surface area contributed by atoms with Gasteiger partial charge >= 0.3 is 11.9 Å². The number of nitrogens with one attached hydrogen (secondary N) is 2. The van der Waals surface area contributed by atoms with E-state index < -0.39 is 51.9 Å². The van der Waals surface area contributed by atoms with Crippen molar-refractivity contribution in [1.82, 2.24) is 10.2 Å². The van der Waals surface area contributed by atoms with E-state index in [4.69, 9.17) is 16.7 Å². The molecule has 2 aromatic rings. The number of halogens is 1. The van der Waals surface area contributed by atoms with E-state index in [1.165, 1.54) is 17.0 Å². The van der Waals surface area contributed by atoms with Crippen molar-refractivity contribution in [1.29, 1.82) is 0 Å². The zero-order valence-corrected chi connectivity index (χ0v) is 26.2. The number of rotatable bonds is 11. The van der Waals surface area contributed by atoms with Gasteiger partial charge in [-0.2, -0.15) is 0 Å². The fourth-order valence-electron chi connectivity index (χ4n) is 5.03. The van der Waals surface area contributed by atoms with Crippen LogP contribution >= 0.6 is 35.1 Å². The Bertz CT molecular complexity index is 1520. The highest BCUT2D eigenvalue weighted by molar-refractivity contribution is 8.21. The predicted molar refractivity (Wildman–Crippen MR) is 165 cm³/mol. The summed E-state index contributed by atoms with van der Waals surface area (Å²) in [6, 6.07) is 7.44. The van der Waals surface area contributed by atoms with Crippen molar-refractivity contribution in [2.45, 2.75) is 53.3 Å². The quantitative estimate of drug-likeness (QED) is 0.236. The summed E-state index contributed by atoms with van der Waals surface area (Å²) in [5.74, 6) is -1.44. The van der Waals surface area contributed by atoms with Crippen molar-refractivity contribution in [3.63, 3.8) is 0 Å². The molecular weight excluding hydrogens is 640 g/mol. The molecule has 16 heteroatoms. The van der Waals surface area contributed by atoms with Crippen molar-refractivity contribution in [3.8, 4) is 0 Å². The van der Waals surface area contributed by atoms with E-state index in [9.17, 15) is 37.8 Å². The fourth-order valence-corrected chi connectivity index (χ4v) is 9.36. The number of thioether (sulfide) groups is 2. The van der Waals surface area contributed by atoms with Gasteiger partial charge in [0.05, 0.1) is 15.1 Å². The molecule has 0 bridgehead atoms. The second-order valence-electron chi connectivity index (χ2n) is 10.3. The lowest BCUT2D eigenvalue weighted by Gasteiger charge is -2.28. The highest BCUT2D eigenvalue weighted by atomic mass is 35.5. The smallest absolute Gasteiger partial charge is 0.326 e. The number of nitrogens with two attached hydrogens (primary N) is 1. The molecule has 2 fully saturated rings. The SMILES string of the molecule is C[C@H](N[C@@H](CCc1ccc(NC(=O)c2ccc(Cl)c(S(N)(=O)=O)c2)cc1)C(=O)O)C(=O)N1CC2(C[C@H]1C(=O)O)SCCS2. The van der Waals surface area contributed by atoms with Gasteiger partial charge in [-0.05, 0) is 55.7 Å². The van der Waals surface area contributed by atoms with Crippen LogP contribution in [0.2, 0.25) is 5.02 Å². The van der Waals surface area contributed by atoms with E-state index in [2.05, 4.69) is 10.6 Å². The molecule has 3 atom stereocenters. The Morgan fingerprint density at radius 3 is 2.35 bits per heavy atom. The van der Waals surface area contributed by atoms with Crippen LogP contribution in [0.3, 0.4) is 0 Å². The summed E-state index contributed by atoms with van der Waals surface area (Å²) < 4.78 is 23.1. The third kappa shape index (κ3) is 8.02. The second-order valence-corrected chi connectivity index (χ2v) is 15.4. The molecule has 2 aromatic carbocycles. The van der Waals surface area contributed by atoms with Crippen molar-refractivity contribution >= 4 is 74.6 Å². The monoisotopic (exact) mass is 670 g/mol. The molecule has 2 heterocycles. The molecular formula is C27H31ClN4O8S3. The number of likely N-dealkylation sites (tertiary alicyclic amines) is 1. The minimum absolute atomic E-state index is 0.0380. The number of aryl methyl sites for hydroxylation is 1. The van der Waals surface area contributed by atoms with Crippen LogP contribution in [0.5, 0.6) is 0 Å². The van der Waals surface area contributed by atoms with Crippen LogP contribution < -0.4 is 15.8 Å². The minimum atomic E-state index is -4.12. The Kier molecular flexibility index (Phi) is 10.3. The number of aliphatic carboxylic acids is 2. The van der Waals surface area contributed by atoms with Gasteiger partial charge in [-0.25, -0.2) is 18.4 Å². The van der Waals surface area contributed by atoms with E-state index in [1.54, 1.807) is 54.7 Å². The van der Waals surface area contributed by atoms with Crippen LogP contribution in [0.1, 0.15) is 35.7 Å². The number of carbonyl (C=O) groups is 4. The normalized spacial score (nSPS) is 19.2. The average molecular weight is 671 g/mol. The molecule has 6 N–H and O–H groups in total. The Morgan fingerprint density at radius 1 is 1.12 bits per heavy atom. The molecule has 2 amide bonds. The Balaban J connectivity index is 1.34. The zero-order chi connectivity index (χ0) is 31.5. The van der Waals surface area contributed by atoms with Gasteiger partial charge in [0.25, 0.3) is 5.91 Å². The van der Waals surface area contributed by atoms with Gasteiger partial charge in [0, 0.05) is 35.7 Å². The summed E-state index contributed by atoms with van der Waals surface area (Å²) >= 11 is 9.22. The van der Waals surface area contributed by atoms with Crippen LogP contribution in [0.25, 0.3) is 0 Å². The van der Waals surface area contributed by atoms with Crippen molar-refractivity contribution in [3.05, 3.63) is 58.6 Å². The van der Waals surface area contributed by atoms with E-state index in [0.717, 1.165) is 23.1 Å². The summed E-state index contributed by atoms with van der Waals surface area (Å²) in [6.45, 7) is 1.84. The van der Waals surface area contributed by atoms with Crippen LogP contribution in [0.4, 0.5) is 5.69 Å². The van der Waals surface area contributed by atoms with Gasteiger partial charge in [-0.1, -0.05) is 23.7 Å². The number of carbonyl (C=O) groups excluding carboxylic acids is 2. The molecule has 0 unspecified atom stereocenters. The molecule has 0 radical (unpaired) electrons. The van der Waals surface area contributed by atoms with E-state index in [0.29, 0.717) is 25.1 Å². The molecule has 232 valence electrons. The van der Waals surface area contributed by atoms with Gasteiger partial charge < -0.3 is 20.4 Å². The second kappa shape index (κ2) is 13.4. The van der Waals surface area contributed by atoms with Gasteiger partial charge in [-0.3, -0.25) is 19.7 Å². The van der Waals surface area contributed by atoms with E-state index >= 15 is 0 Å². The minimum Gasteiger partial charge on any atom is -0.480 e. The first kappa shape index (κ1) is 33.1. The number of hydrogen-bond donors (Lipinski definition) is 5. The average Bonchev–Trinajstić information content (AvgIpc) is 3.57. The third-order valence-corrected chi connectivity index (χ3v) is 12.0. The van der Waals surface area contributed by atoms with Crippen molar-refractivity contribution in [2.75, 3.05) is 23.4 Å². The molecule has 4 rings (SSSR count). The summed E-state index contributed by atoms with van der Waals surface area (Å²) in [5.41, 5.74) is 1.23. The number of primary sulfonamides is 1. The highest BCUT2D eigenvalue weighted by Crippen LogP contribution is 2.51. The molecule has 12 nitrogen and oxygen atoms in total. The van der Waals surface area contributed by atoms with Crippen molar-refractivity contribution < 1.29 is 37.8 Å². The molecule has 0 aromatic heterocycles. The molecule has 0 aliphatic carbocycles. The maximum absolute atomic E-state index is 13.3. The Labute approximate surface area is 262 Å². The van der Waals surface area contributed by atoms with Gasteiger partial charge in [0.1, 0.15) is 17.0 Å². The van der Waals surface area contributed by atoms with Crippen LogP contribution in [0, 0.1) is 0 Å². The number of anilines is 1. The third-order valence-electron chi connectivity index (χ3n) is 7.23. The molecule has 2 saturated heterocycles. The highest BCUT2D eigenvalue weighted by Gasteiger charge is 2.52. The maximum Gasteiger partial charge on any atom is 0.326 e. The number of hydrogen-bond acceptors (Lipinski definition) is 9. The first-order valence-corrected chi connectivity index (χ1v) is 17.1. The lowest BCUT2D eigenvalue weighted by molar-refractivity contribution is -0.149. The summed E-state index contributed by atoms with van der Waals surface area (Å²) in [7, 11) is -4.12. The molecule has 1 spiro atoms. The van der Waals surface area contributed by atoms with Gasteiger partial charge in [0.2, 0.25) is 15.9 Å². The predicted octanol–water partition coefficient (Wildman–Crippen LogP) is 2.47. The first-order chi connectivity index (χ1) is 20.2. The number of amides is 2. The number of carboxylic acid groups (broad SMARTS) is 2.